The second-order valence-corrected chi connectivity index (χ2v) is 12.7. The summed E-state index contributed by atoms with van der Waals surface area (Å²) in [7, 11) is 1.86. The van der Waals surface area contributed by atoms with Crippen molar-refractivity contribution < 1.29 is 19.1 Å². The van der Waals surface area contributed by atoms with Crippen LogP contribution in [0.2, 0.25) is 0 Å². The van der Waals surface area contributed by atoms with Crippen LogP contribution in [0.15, 0.2) is 120 Å². The van der Waals surface area contributed by atoms with E-state index in [1.54, 1.807) is 11.2 Å². The highest BCUT2D eigenvalue weighted by Crippen LogP contribution is 2.30. The number of imidazole rings is 1. The highest BCUT2D eigenvalue weighted by Gasteiger charge is 2.25. The third-order valence-corrected chi connectivity index (χ3v) is 9.16. The Kier molecular flexibility index (Phi) is 10.3. The Labute approximate surface area is 292 Å². The minimum absolute atomic E-state index is 0.0860. The van der Waals surface area contributed by atoms with Gasteiger partial charge in [-0.05, 0) is 49.8 Å². The van der Waals surface area contributed by atoms with Crippen molar-refractivity contribution in [2.75, 3.05) is 46.3 Å². The van der Waals surface area contributed by atoms with E-state index in [0.29, 0.717) is 49.7 Å². The number of aliphatic hydroxyl groups is 1. The molecule has 7 rings (SSSR count). The number of carbonyl (C=O) groups is 1. The van der Waals surface area contributed by atoms with Crippen LogP contribution in [-0.4, -0.2) is 92.8 Å². The van der Waals surface area contributed by atoms with Crippen molar-refractivity contribution >= 4 is 11.6 Å². The van der Waals surface area contributed by atoms with Gasteiger partial charge >= 0.3 is 0 Å². The van der Waals surface area contributed by atoms with Gasteiger partial charge in [0, 0.05) is 56.5 Å². The van der Waals surface area contributed by atoms with Gasteiger partial charge in [0.05, 0.1) is 24.1 Å². The molecule has 0 bridgehead atoms. The molecule has 1 fully saturated rings. The van der Waals surface area contributed by atoms with Crippen molar-refractivity contribution in [2.24, 2.45) is 0 Å². The normalized spacial score (nSPS) is 14.3. The molecular formula is C40H42N6O4. The summed E-state index contributed by atoms with van der Waals surface area (Å²) >= 11 is 0. The van der Waals surface area contributed by atoms with Crippen molar-refractivity contribution in [3.8, 4) is 17.1 Å². The third kappa shape index (κ3) is 7.78. The Morgan fingerprint density at radius 1 is 0.860 bits per heavy atom. The van der Waals surface area contributed by atoms with Gasteiger partial charge in [0.1, 0.15) is 11.5 Å². The number of hydrogen-bond donors (Lipinski definition) is 1. The van der Waals surface area contributed by atoms with E-state index < -0.39 is 6.41 Å². The minimum Gasteiger partial charge on any atom is -0.469 e. The predicted octanol–water partition coefficient (Wildman–Crippen LogP) is 5.61. The standard InChI is InChI=1S/C40H42N6O4/c1-43(20-12-21-44-22-24-45(25-23-44)38(47)32-17-9-4-10-18-32)40(48)50-39-35(28-33-19-11-26-49-33)42-37-34(27-30-13-5-2-6-14-30)41-36(29-46(37)39)31-15-7-3-8-16-31/h2-11,13-19,26,29,40,48H,12,20-25,27-28H2,1H3. The summed E-state index contributed by atoms with van der Waals surface area (Å²) in [6.45, 7) is 4.52. The Bertz CT molecular complexity index is 1970. The molecule has 256 valence electrons. The summed E-state index contributed by atoms with van der Waals surface area (Å²) in [5.74, 6) is 1.28. The first-order chi connectivity index (χ1) is 24.5. The number of hydrogen-bond acceptors (Lipinski definition) is 8. The fraction of sp³-hybridized carbons (Fsp3) is 0.275. The van der Waals surface area contributed by atoms with Crippen LogP contribution in [0.4, 0.5) is 0 Å². The zero-order valence-electron chi connectivity index (χ0n) is 28.3. The van der Waals surface area contributed by atoms with Gasteiger partial charge in [-0.2, -0.15) is 0 Å². The fourth-order valence-corrected chi connectivity index (χ4v) is 6.39. The average molecular weight is 671 g/mol. The molecule has 3 aromatic heterocycles. The van der Waals surface area contributed by atoms with Gasteiger partial charge in [-0.3, -0.25) is 14.1 Å². The first-order valence-electron chi connectivity index (χ1n) is 17.2. The third-order valence-electron chi connectivity index (χ3n) is 9.16. The lowest BCUT2D eigenvalue weighted by atomic mass is 10.1. The maximum atomic E-state index is 12.8. The SMILES string of the molecule is CN(CCCN1CCN(C(=O)c2ccccc2)CC1)C(O)Oc1c(Cc2ccco2)nc2c(Cc3ccccc3)nc(-c3ccccc3)cn12. The quantitative estimate of drug-likeness (QED) is 0.159. The lowest BCUT2D eigenvalue weighted by molar-refractivity contribution is -0.128. The van der Waals surface area contributed by atoms with Crippen molar-refractivity contribution in [3.63, 3.8) is 0 Å². The van der Waals surface area contributed by atoms with E-state index in [0.717, 1.165) is 59.9 Å². The number of aliphatic hydroxyl groups excluding tert-OH is 1. The maximum Gasteiger partial charge on any atom is 0.261 e. The molecular weight excluding hydrogens is 628 g/mol. The van der Waals surface area contributed by atoms with Crippen LogP contribution in [-0.2, 0) is 12.8 Å². The van der Waals surface area contributed by atoms with Gasteiger partial charge in [-0.25, -0.2) is 14.9 Å². The van der Waals surface area contributed by atoms with E-state index in [2.05, 4.69) is 17.0 Å². The predicted molar refractivity (Wildman–Crippen MR) is 192 cm³/mol. The Morgan fingerprint density at radius 2 is 1.56 bits per heavy atom. The number of fused-ring (bicyclic) bond motifs is 1. The second kappa shape index (κ2) is 15.5. The number of benzene rings is 3. The summed E-state index contributed by atoms with van der Waals surface area (Å²) < 4.78 is 14.0. The van der Waals surface area contributed by atoms with E-state index in [1.807, 2.05) is 114 Å². The topological polar surface area (TPSA) is 99.6 Å². The first kappa shape index (κ1) is 33.2. The van der Waals surface area contributed by atoms with Crippen LogP contribution in [0, 0.1) is 0 Å². The van der Waals surface area contributed by atoms with E-state index in [9.17, 15) is 9.90 Å². The van der Waals surface area contributed by atoms with Crippen LogP contribution in [0.3, 0.4) is 0 Å². The van der Waals surface area contributed by atoms with Crippen molar-refractivity contribution in [1.82, 2.24) is 29.1 Å². The van der Waals surface area contributed by atoms with Crippen LogP contribution in [0.25, 0.3) is 16.9 Å². The molecule has 1 unspecified atom stereocenters. The Balaban J connectivity index is 1.07. The van der Waals surface area contributed by atoms with Crippen molar-refractivity contribution in [2.45, 2.75) is 25.7 Å². The first-order valence-corrected chi connectivity index (χ1v) is 17.2. The molecule has 1 atom stereocenters. The molecule has 1 saturated heterocycles. The monoisotopic (exact) mass is 670 g/mol. The minimum atomic E-state index is -1.21. The molecule has 0 spiro atoms. The Hall–Kier alpha value is -5.29. The average Bonchev–Trinajstić information content (AvgIpc) is 3.80. The molecule has 50 heavy (non-hydrogen) atoms. The Morgan fingerprint density at radius 3 is 2.26 bits per heavy atom. The van der Waals surface area contributed by atoms with Crippen LogP contribution in [0.1, 0.15) is 39.5 Å². The number of furan rings is 1. The summed E-state index contributed by atoms with van der Waals surface area (Å²) in [6, 6.07) is 33.5. The molecule has 1 N–H and O–H groups in total. The summed E-state index contributed by atoms with van der Waals surface area (Å²) in [6.07, 6.45) is 4.17. The highest BCUT2D eigenvalue weighted by atomic mass is 16.6. The van der Waals surface area contributed by atoms with E-state index in [-0.39, 0.29) is 5.91 Å². The lowest BCUT2D eigenvalue weighted by Gasteiger charge is -2.35. The van der Waals surface area contributed by atoms with Gasteiger partial charge in [-0.1, -0.05) is 78.9 Å². The van der Waals surface area contributed by atoms with Gasteiger partial charge in [0.2, 0.25) is 5.88 Å². The van der Waals surface area contributed by atoms with E-state index in [1.165, 1.54) is 0 Å². The smallest absolute Gasteiger partial charge is 0.261 e. The number of nitrogens with zero attached hydrogens (tertiary/aromatic N) is 6. The molecule has 3 aromatic carbocycles. The summed E-state index contributed by atoms with van der Waals surface area (Å²) in [5, 5.41) is 11.4. The van der Waals surface area contributed by atoms with E-state index in [4.69, 9.17) is 19.1 Å². The molecule has 6 aromatic rings. The van der Waals surface area contributed by atoms with Gasteiger partial charge < -0.3 is 19.2 Å². The lowest BCUT2D eigenvalue weighted by Crippen LogP contribution is -2.49. The zero-order chi connectivity index (χ0) is 34.3. The molecule has 10 heteroatoms. The highest BCUT2D eigenvalue weighted by molar-refractivity contribution is 5.94. The van der Waals surface area contributed by atoms with Crippen molar-refractivity contribution in [3.05, 3.63) is 144 Å². The molecule has 1 aliphatic heterocycles. The van der Waals surface area contributed by atoms with Crippen LogP contribution >= 0.6 is 0 Å². The molecule has 0 radical (unpaired) electrons. The summed E-state index contributed by atoms with van der Waals surface area (Å²) in [4.78, 5) is 29.1. The number of rotatable bonds is 13. The van der Waals surface area contributed by atoms with Crippen LogP contribution in [0.5, 0.6) is 5.88 Å². The fourth-order valence-electron chi connectivity index (χ4n) is 6.39. The molecule has 1 amide bonds. The zero-order valence-corrected chi connectivity index (χ0v) is 28.3. The molecule has 0 saturated carbocycles. The van der Waals surface area contributed by atoms with Crippen LogP contribution < -0.4 is 4.74 Å². The maximum absolute atomic E-state index is 12.8. The molecule has 1 aliphatic rings. The second-order valence-electron chi connectivity index (χ2n) is 12.7. The molecule has 0 aliphatic carbocycles. The molecule has 10 nitrogen and oxygen atoms in total. The van der Waals surface area contributed by atoms with E-state index >= 15 is 0 Å². The van der Waals surface area contributed by atoms with Gasteiger partial charge in [0.25, 0.3) is 12.3 Å². The largest absolute Gasteiger partial charge is 0.469 e. The number of amides is 1. The van der Waals surface area contributed by atoms with Crippen molar-refractivity contribution in [1.29, 1.82) is 0 Å². The number of ether oxygens (including phenoxy) is 1. The van der Waals surface area contributed by atoms with Gasteiger partial charge in [0.15, 0.2) is 5.65 Å². The van der Waals surface area contributed by atoms with Gasteiger partial charge in [-0.15, -0.1) is 0 Å². The number of aromatic nitrogens is 3. The number of carbonyl (C=O) groups excluding carboxylic acids is 1. The summed E-state index contributed by atoms with van der Waals surface area (Å²) in [5.41, 5.74) is 5.73. The molecule has 4 heterocycles. The number of piperazine rings is 1.